The van der Waals surface area contributed by atoms with Crippen LogP contribution in [-0.4, -0.2) is 46.0 Å². The maximum atomic E-state index is 5.64. The van der Waals surface area contributed by atoms with Gasteiger partial charge in [0.05, 0.1) is 24.9 Å². The summed E-state index contributed by atoms with van der Waals surface area (Å²) in [5, 5.41) is 8.28. The molecule has 0 saturated carbocycles. The highest BCUT2D eigenvalue weighted by molar-refractivity contribution is 6.03. The zero-order valence-electron chi connectivity index (χ0n) is 16.6. The molecule has 0 unspecified atom stereocenters. The predicted octanol–water partition coefficient (Wildman–Crippen LogP) is 4.22. The Morgan fingerprint density at radius 1 is 1.17 bits per heavy atom. The number of aromatic amines is 1. The number of aromatic nitrogens is 4. The van der Waals surface area contributed by atoms with E-state index in [0.29, 0.717) is 13.2 Å². The summed E-state index contributed by atoms with van der Waals surface area (Å²) in [7, 11) is 0. The second-order valence-electron chi connectivity index (χ2n) is 7.50. The van der Waals surface area contributed by atoms with Gasteiger partial charge in [-0.15, -0.1) is 0 Å². The van der Waals surface area contributed by atoms with Crippen LogP contribution in [0.1, 0.15) is 12.5 Å². The first-order valence-corrected chi connectivity index (χ1v) is 9.92. The first kappa shape index (κ1) is 17.8. The molecule has 146 valence electrons. The zero-order chi connectivity index (χ0) is 19.8. The number of morpholine rings is 1. The van der Waals surface area contributed by atoms with Crippen molar-refractivity contribution in [3.63, 3.8) is 0 Å². The molecule has 0 spiro atoms. The van der Waals surface area contributed by atoms with E-state index in [9.17, 15) is 0 Å². The quantitative estimate of drug-likeness (QED) is 0.572. The van der Waals surface area contributed by atoms with Crippen LogP contribution in [-0.2, 0) is 4.74 Å². The number of nitrogens with one attached hydrogen (secondary N) is 1. The Balaban J connectivity index is 1.82. The highest BCUT2D eigenvalue weighted by Gasteiger charge is 2.23. The minimum absolute atomic E-state index is 0.269. The van der Waals surface area contributed by atoms with Crippen molar-refractivity contribution in [1.82, 2.24) is 20.2 Å². The Bertz CT molecular complexity index is 1140. The van der Waals surface area contributed by atoms with E-state index in [0.717, 1.165) is 40.2 Å². The molecule has 6 nitrogen and oxygen atoms in total. The molecule has 4 aromatic rings. The first-order chi connectivity index (χ1) is 14.2. The molecule has 1 aliphatic rings. The lowest BCUT2D eigenvalue weighted by Gasteiger charge is -2.34. The number of hydrogen-bond donors (Lipinski definition) is 1. The van der Waals surface area contributed by atoms with Gasteiger partial charge >= 0.3 is 0 Å². The fourth-order valence-electron chi connectivity index (χ4n) is 4.03. The maximum Gasteiger partial charge on any atom is 0.130 e. The molecule has 0 amide bonds. The zero-order valence-corrected chi connectivity index (χ0v) is 16.6. The topological polar surface area (TPSA) is 66.9 Å². The lowest BCUT2D eigenvalue weighted by molar-refractivity contribution is 0.0986. The normalized spacial score (nSPS) is 17.0. The summed E-state index contributed by atoms with van der Waals surface area (Å²) >= 11 is 0. The molecular formula is C23H23N5O. The Kier molecular flexibility index (Phi) is 4.48. The fraction of sp³-hybridized carbons (Fsp3) is 0.261. The number of nitrogens with zero attached hydrogens (tertiary/aromatic N) is 4. The molecule has 0 radical (unpaired) electrons. The van der Waals surface area contributed by atoms with E-state index < -0.39 is 0 Å². The Morgan fingerprint density at radius 3 is 2.79 bits per heavy atom. The third kappa shape index (κ3) is 3.15. The van der Waals surface area contributed by atoms with Crippen molar-refractivity contribution >= 4 is 16.7 Å². The molecule has 1 N–H and O–H groups in total. The maximum absolute atomic E-state index is 5.64. The molecule has 4 heterocycles. The number of benzene rings is 1. The van der Waals surface area contributed by atoms with Crippen LogP contribution < -0.4 is 4.90 Å². The second kappa shape index (κ2) is 7.29. The van der Waals surface area contributed by atoms with Gasteiger partial charge in [0.15, 0.2) is 0 Å². The molecule has 1 fully saturated rings. The molecule has 1 aliphatic heterocycles. The minimum Gasteiger partial charge on any atom is -0.377 e. The molecular weight excluding hydrogens is 362 g/mol. The average molecular weight is 385 g/mol. The van der Waals surface area contributed by atoms with Gasteiger partial charge in [-0.2, -0.15) is 5.10 Å². The van der Waals surface area contributed by atoms with Crippen molar-refractivity contribution in [1.29, 1.82) is 0 Å². The molecule has 5 rings (SSSR count). The smallest absolute Gasteiger partial charge is 0.130 e. The van der Waals surface area contributed by atoms with E-state index >= 15 is 0 Å². The number of fused-ring (bicyclic) bond motifs is 1. The highest BCUT2D eigenvalue weighted by atomic mass is 16.5. The summed E-state index contributed by atoms with van der Waals surface area (Å²) in [4.78, 5) is 12.2. The van der Waals surface area contributed by atoms with E-state index in [-0.39, 0.29) is 6.04 Å². The molecule has 0 aliphatic carbocycles. The van der Waals surface area contributed by atoms with Crippen LogP contribution in [0.15, 0.2) is 54.9 Å². The number of hydrogen-bond acceptors (Lipinski definition) is 5. The van der Waals surface area contributed by atoms with E-state index in [1.807, 2.05) is 18.3 Å². The van der Waals surface area contributed by atoms with E-state index in [4.69, 9.17) is 14.7 Å². The van der Waals surface area contributed by atoms with Crippen molar-refractivity contribution < 1.29 is 4.74 Å². The fourth-order valence-corrected chi connectivity index (χ4v) is 4.03. The predicted molar refractivity (Wildman–Crippen MR) is 115 cm³/mol. The van der Waals surface area contributed by atoms with Gasteiger partial charge in [-0.05, 0) is 42.7 Å². The van der Waals surface area contributed by atoms with Crippen LogP contribution in [0.5, 0.6) is 0 Å². The molecule has 1 aromatic carbocycles. The van der Waals surface area contributed by atoms with Gasteiger partial charge in [-0.1, -0.05) is 30.3 Å². The Hall–Kier alpha value is -3.25. The molecule has 29 heavy (non-hydrogen) atoms. The monoisotopic (exact) mass is 385 g/mol. The summed E-state index contributed by atoms with van der Waals surface area (Å²) in [5.74, 6) is 0.959. The third-order valence-electron chi connectivity index (χ3n) is 5.51. The third-order valence-corrected chi connectivity index (χ3v) is 5.51. The summed E-state index contributed by atoms with van der Waals surface area (Å²) in [6.07, 6.45) is 3.67. The van der Waals surface area contributed by atoms with Crippen molar-refractivity contribution in [2.75, 3.05) is 24.7 Å². The molecule has 0 bridgehead atoms. The Labute approximate surface area is 169 Å². The molecule has 3 aromatic heterocycles. The van der Waals surface area contributed by atoms with E-state index in [1.165, 1.54) is 11.1 Å². The van der Waals surface area contributed by atoms with Gasteiger partial charge in [0.2, 0.25) is 0 Å². The number of aryl methyl sites for hydroxylation is 1. The van der Waals surface area contributed by atoms with Crippen LogP contribution in [0.2, 0.25) is 0 Å². The van der Waals surface area contributed by atoms with Crippen molar-refractivity contribution in [3.05, 3.63) is 60.4 Å². The first-order valence-electron chi connectivity index (χ1n) is 9.92. The minimum atomic E-state index is 0.269. The van der Waals surface area contributed by atoms with E-state index in [2.05, 4.69) is 59.3 Å². The summed E-state index contributed by atoms with van der Waals surface area (Å²) in [6.45, 7) is 6.52. The number of anilines is 1. The van der Waals surface area contributed by atoms with Crippen LogP contribution >= 0.6 is 0 Å². The molecule has 6 heteroatoms. The van der Waals surface area contributed by atoms with Crippen LogP contribution in [0.3, 0.4) is 0 Å². The van der Waals surface area contributed by atoms with Gasteiger partial charge in [0.25, 0.3) is 0 Å². The van der Waals surface area contributed by atoms with Crippen LogP contribution in [0.25, 0.3) is 33.4 Å². The van der Waals surface area contributed by atoms with Crippen molar-refractivity contribution in [3.8, 4) is 22.5 Å². The summed E-state index contributed by atoms with van der Waals surface area (Å²) in [5.41, 5.74) is 6.04. The number of H-pyrrole nitrogens is 1. The summed E-state index contributed by atoms with van der Waals surface area (Å²) in [6, 6.07) is 14.9. The van der Waals surface area contributed by atoms with Gasteiger partial charge in [0, 0.05) is 24.3 Å². The molecule has 1 atom stereocenters. The van der Waals surface area contributed by atoms with Crippen molar-refractivity contribution in [2.24, 2.45) is 0 Å². The lowest BCUT2D eigenvalue weighted by atomic mass is 9.97. The van der Waals surface area contributed by atoms with Gasteiger partial charge < -0.3 is 9.64 Å². The SMILES string of the molecule is Cc1cnc(-c2ccn[nH]2)c2nc(N3CCOC[C@H]3C)cc(-c3ccccc3)c12. The van der Waals surface area contributed by atoms with Gasteiger partial charge in [-0.3, -0.25) is 10.1 Å². The van der Waals surface area contributed by atoms with Crippen molar-refractivity contribution in [2.45, 2.75) is 19.9 Å². The number of pyridine rings is 2. The largest absolute Gasteiger partial charge is 0.377 e. The van der Waals surface area contributed by atoms with Gasteiger partial charge in [0.1, 0.15) is 17.0 Å². The van der Waals surface area contributed by atoms with Gasteiger partial charge in [-0.25, -0.2) is 4.98 Å². The standard InChI is InChI=1S/C23H23N5O/c1-15-13-24-22(19-8-9-25-27-19)23-21(15)18(17-6-4-3-5-7-17)12-20(26-23)28-10-11-29-14-16(28)2/h3-9,12-13,16H,10-11,14H2,1-2H3,(H,25,27)/t16-/m1/s1. The van der Waals surface area contributed by atoms with Crippen LogP contribution in [0, 0.1) is 6.92 Å². The molecule has 1 saturated heterocycles. The number of ether oxygens (including phenoxy) is 1. The average Bonchev–Trinajstić information content (AvgIpc) is 3.29. The van der Waals surface area contributed by atoms with Crippen LogP contribution in [0.4, 0.5) is 5.82 Å². The lowest BCUT2D eigenvalue weighted by Crippen LogP contribution is -2.44. The Morgan fingerprint density at radius 2 is 2.03 bits per heavy atom. The number of rotatable bonds is 3. The second-order valence-corrected chi connectivity index (χ2v) is 7.50. The van der Waals surface area contributed by atoms with E-state index in [1.54, 1.807) is 6.20 Å². The summed E-state index contributed by atoms with van der Waals surface area (Å²) < 4.78 is 5.64. The highest BCUT2D eigenvalue weighted by Crippen LogP contribution is 2.37.